The summed E-state index contributed by atoms with van der Waals surface area (Å²) in [6, 6.07) is 13.2. The fourth-order valence-electron chi connectivity index (χ4n) is 2.96. The monoisotopic (exact) mass is 337 g/mol. The average molecular weight is 337 g/mol. The quantitative estimate of drug-likeness (QED) is 0.894. The maximum Gasteiger partial charge on any atom is 0.251 e. The van der Waals surface area contributed by atoms with Gasteiger partial charge in [0.1, 0.15) is 12.4 Å². The van der Waals surface area contributed by atoms with Crippen LogP contribution < -0.4 is 19.5 Å². The van der Waals surface area contributed by atoms with Crippen molar-refractivity contribution in [3.8, 4) is 17.2 Å². The number of fused-ring (bicyclic) bond motifs is 1. The normalized spacial score (nSPS) is 15.0. The van der Waals surface area contributed by atoms with E-state index in [1.165, 1.54) is 0 Å². The van der Waals surface area contributed by atoms with Gasteiger partial charge in [0.15, 0.2) is 11.5 Å². The van der Waals surface area contributed by atoms with Crippen LogP contribution in [0.4, 0.5) is 5.69 Å². The number of nitrogens with one attached hydrogen (secondary N) is 1. The lowest BCUT2D eigenvalue weighted by Crippen LogP contribution is -2.13. The third-order valence-corrected chi connectivity index (χ3v) is 4.27. The number of benzene rings is 2. The van der Waals surface area contributed by atoms with Gasteiger partial charge in [0.25, 0.3) is 5.91 Å². The summed E-state index contributed by atoms with van der Waals surface area (Å²) in [5.74, 6) is 2.14. The van der Waals surface area contributed by atoms with Crippen LogP contribution in [-0.4, -0.2) is 12.7 Å². The van der Waals surface area contributed by atoms with Crippen molar-refractivity contribution in [3.05, 3.63) is 59.7 Å². The molecule has 0 radical (unpaired) electrons. The predicted molar refractivity (Wildman–Crippen MR) is 93.9 cm³/mol. The maximum atomic E-state index is 12.2. The SMILES string of the molecule is O=C(Nc1cccc(COc2ccc3c(c2)OCO3)c1)C1=CCCC1. The smallest absolute Gasteiger partial charge is 0.251 e. The van der Waals surface area contributed by atoms with E-state index in [4.69, 9.17) is 14.2 Å². The second kappa shape index (κ2) is 6.89. The molecule has 0 aromatic heterocycles. The van der Waals surface area contributed by atoms with E-state index in [2.05, 4.69) is 5.32 Å². The highest BCUT2D eigenvalue weighted by molar-refractivity contribution is 6.03. The molecule has 0 saturated carbocycles. The van der Waals surface area contributed by atoms with Crippen LogP contribution in [0.3, 0.4) is 0 Å². The minimum Gasteiger partial charge on any atom is -0.489 e. The lowest BCUT2D eigenvalue weighted by atomic mass is 10.2. The van der Waals surface area contributed by atoms with Gasteiger partial charge in [-0.1, -0.05) is 18.2 Å². The summed E-state index contributed by atoms with van der Waals surface area (Å²) in [5.41, 5.74) is 2.64. The second-order valence-electron chi connectivity index (χ2n) is 6.08. The Morgan fingerprint density at radius 3 is 2.92 bits per heavy atom. The van der Waals surface area contributed by atoms with Crippen molar-refractivity contribution >= 4 is 11.6 Å². The Morgan fingerprint density at radius 1 is 1.12 bits per heavy atom. The minimum absolute atomic E-state index is 0.00802. The molecule has 0 saturated heterocycles. The Balaban J connectivity index is 1.39. The molecule has 128 valence electrons. The molecule has 0 spiro atoms. The lowest BCUT2D eigenvalue weighted by Gasteiger charge is -2.10. The molecular weight excluding hydrogens is 318 g/mol. The van der Waals surface area contributed by atoms with E-state index in [1.807, 2.05) is 48.5 Å². The highest BCUT2D eigenvalue weighted by atomic mass is 16.7. The minimum atomic E-state index is -0.00802. The topological polar surface area (TPSA) is 56.8 Å². The number of carbonyl (C=O) groups excluding carboxylic acids is 1. The third kappa shape index (κ3) is 3.60. The molecule has 4 rings (SSSR count). The molecular formula is C20H19NO4. The van der Waals surface area contributed by atoms with Gasteiger partial charge in [-0.3, -0.25) is 4.79 Å². The molecule has 25 heavy (non-hydrogen) atoms. The molecule has 0 fully saturated rings. The summed E-state index contributed by atoms with van der Waals surface area (Å²) in [4.78, 5) is 12.2. The Bertz CT molecular complexity index is 828. The van der Waals surface area contributed by atoms with Gasteiger partial charge in [0, 0.05) is 17.3 Å². The largest absolute Gasteiger partial charge is 0.489 e. The zero-order chi connectivity index (χ0) is 17.1. The van der Waals surface area contributed by atoms with Gasteiger partial charge in [-0.15, -0.1) is 0 Å². The number of carbonyl (C=O) groups is 1. The fraction of sp³-hybridized carbons (Fsp3) is 0.250. The first kappa shape index (κ1) is 15.6. The van der Waals surface area contributed by atoms with E-state index >= 15 is 0 Å². The van der Waals surface area contributed by atoms with E-state index in [1.54, 1.807) is 0 Å². The Labute approximate surface area is 146 Å². The van der Waals surface area contributed by atoms with Crippen LogP contribution in [0.25, 0.3) is 0 Å². The predicted octanol–water partition coefficient (Wildman–Crippen LogP) is 4.04. The Kier molecular flexibility index (Phi) is 4.29. The number of amides is 1. The zero-order valence-corrected chi connectivity index (χ0v) is 13.8. The number of hydrogen-bond donors (Lipinski definition) is 1. The van der Waals surface area contributed by atoms with Crippen molar-refractivity contribution < 1.29 is 19.0 Å². The van der Waals surface area contributed by atoms with E-state index in [-0.39, 0.29) is 12.7 Å². The summed E-state index contributed by atoms with van der Waals surface area (Å²) in [5, 5.41) is 2.96. The number of rotatable bonds is 5. The van der Waals surface area contributed by atoms with Crippen LogP contribution in [0.2, 0.25) is 0 Å². The molecule has 2 aromatic rings. The molecule has 1 aliphatic heterocycles. The van der Waals surface area contributed by atoms with Crippen LogP contribution in [0.1, 0.15) is 24.8 Å². The van der Waals surface area contributed by atoms with Crippen LogP contribution >= 0.6 is 0 Å². The average Bonchev–Trinajstić information content (AvgIpc) is 3.31. The molecule has 1 aliphatic carbocycles. The number of hydrogen-bond acceptors (Lipinski definition) is 4. The lowest BCUT2D eigenvalue weighted by molar-refractivity contribution is -0.112. The molecule has 0 unspecified atom stereocenters. The van der Waals surface area contributed by atoms with E-state index in [9.17, 15) is 4.79 Å². The number of anilines is 1. The Morgan fingerprint density at radius 2 is 2.04 bits per heavy atom. The first-order valence-corrected chi connectivity index (χ1v) is 8.40. The summed E-state index contributed by atoms with van der Waals surface area (Å²) in [6.07, 6.45) is 4.93. The molecule has 2 aliphatic rings. The molecule has 5 heteroatoms. The second-order valence-corrected chi connectivity index (χ2v) is 6.08. The summed E-state index contributed by atoms with van der Waals surface area (Å²) in [7, 11) is 0. The van der Waals surface area contributed by atoms with Crippen LogP contribution in [-0.2, 0) is 11.4 Å². The van der Waals surface area contributed by atoms with Crippen molar-refractivity contribution in [2.75, 3.05) is 12.1 Å². The molecule has 0 bridgehead atoms. The maximum absolute atomic E-state index is 12.2. The van der Waals surface area contributed by atoms with Crippen LogP contribution in [0.15, 0.2) is 54.1 Å². The standard InChI is InChI=1S/C20H19NO4/c22-20(15-5-1-2-6-15)21-16-7-3-4-14(10-16)12-23-17-8-9-18-19(11-17)25-13-24-18/h3-5,7-11H,1-2,6,12-13H2,(H,21,22). The van der Waals surface area contributed by atoms with Crippen molar-refractivity contribution in [2.24, 2.45) is 0 Å². The highest BCUT2D eigenvalue weighted by Crippen LogP contribution is 2.35. The fourth-order valence-corrected chi connectivity index (χ4v) is 2.96. The summed E-state index contributed by atoms with van der Waals surface area (Å²) in [6.45, 7) is 0.656. The molecule has 0 atom stereocenters. The van der Waals surface area contributed by atoms with E-state index < -0.39 is 0 Å². The van der Waals surface area contributed by atoms with Crippen molar-refractivity contribution in [2.45, 2.75) is 25.9 Å². The van der Waals surface area contributed by atoms with Gasteiger partial charge in [-0.05, 0) is 49.1 Å². The van der Waals surface area contributed by atoms with E-state index in [0.29, 0.717) is 12.4 Å². The number of ether oxygens (including phenoxy) is 3. The molecule has 2 aromatic carbocycles. The molecule has 1 amide bonds. The van der Waals surface area contributed by atoms with Gasteiger partial charge in [0.2, 0.25) is 6.79 Å². The molecule has 5 nitrogen and oxygen atoms in total. The van der Waals surface area contributed by atoms with Crippen LogP contribution in [0.5, 0.6) is 17.2 Å². The summed E-state index contributed by atoms with van der Waals surface area (Å²) < 4.78 is 16.5. The van der Waals surface area contributed by atoms with Crippen LogP contribution in [0, 0.1) is 0 Å². The number of allylic oxidation sites excluding steroid dienone is 1. The first-order chi connectivity index (χ1) is 12.3. The van der Waals surface area contributed by atoms with Crippen molar-refractivity contribution in [3.63, 3.8) is 0 Å². The van der Waals surface area contributed by atoms with Crippen molar-refractivity contribution in [1.82, 2.24) is 0 Å². The zero-order valence-electron chi connectivity index (χ0n) is 13.8. The summed E-state index contributed by atoms with van der Waals surface area (Å²) >= 11 is 0. The van der Waals surface area contributed by atoms with Gasteiger partial charge in [-0.25, -0.2) is 0 Å². The Hall–Kier alpha value is -2.95. The van der Waals surface area contributed by atoms with Gasteiger partial charge < -0.3 is 19.5 Å². The first-order valence-electron chi connectivity index (χ1n) is 8.40. The van der Waals surface area contributed by atoms with Crippen molar-refractivity contribution in [1.29, 1.82) is 0 Å². The third-order valence-electron chi connectivity index (χ3n) is 4.27. The molecule has 1 N–H and O–H groups in total. The van der Waals surface area contributed by atoms with Gasteiger partial charge >= 0.3 is 0 Å². The molecule has 1 heterocycles. The van der Waals surface area contributed by atoms with Gasteiger partial charge in [-0.2, -0.15) is 0 Å². The van der Waals surface area contributed by atoms with Gasteiger partial charge in [0.05, 0.1) is 0 Å². The van der Waals surface area contributed by atoms with E-state index in [0.717, 1.165) is 47.6 Å². The highest BCUT2D eigenvalue weighted by Gasteiger charge is 2.15.